The third-order valence-electron chi connectivity index (χ3n) is 3.65. The molecule has 1 aliphatic carbocycles. The number of hydrogen-bond acceptors (Lipinski definition) is 5. The fourth-order valence-corrected chi connectivity index (χ4v) is 3.01. The highest BCUT2D eigenvalue weighted by molar-refractivity contribution is 7.09. The Morgan fingerprint density at radius 1 is 1.42 bits per heavy atom. The molecule has 0 spiro atoms. The van der Waals surface area contributed by atoms with Gasteiger partial charge in [-0.25, -0.2) is 4.98 Å². The number of benzene rings is 1. The molecular weight excluding hydrogens is 346 g/mol. The molecule has 1 aromatic carbocycles. The van der Waals surface area contributed by atoms with E-state index in [1.807, 2.05) is 24.3 Å². The molecule has 3 rings (SSSR count). The Balaban J connectivity index is 0.00000208. The summed E-state index contributed by atoms with van der Waals surface area (Å²) in [7, 11) is 0. The van der Waals surface area contributed by atoms with Crippen LogP contribution in [0.5, 0.6) is 0 Å². The number of hydrogen-bond donors (Lipinski definition) is 2. The van der Waals surface area contributed by atoms with Gasteiger partial charge in [0.2, 0.25) is 0 Å². The number of nitrogens with two attached hydrogens (primary N) is 1. The van der Waals surface area contributed by atoms with Gasteiger partial charge in [0.25, 0.3) is 5.91 Å². The predicted molar refractivity (Wildman–Crippen MR) is 98.9 cm³/mol. The van der Waals surface area contributed by atoms with E-state index < -0.39 is 0 Å². The van der Waals surface area contributed by atoms with Crippen molar-refractivity contribution < 1.29 is 9.53 Å². The molecule has 1 saturated carbocycles. The summed E-state index contributed by atoms with van der Waals surface area (Å²) in [4.78, 5) is 16.5. The lowest BCUT2D eigenvalue weighted by Gasteiger charge is -2.07. The van der Waals surface area contributed by atoms with Crippen LogP contribution >= 0.6 is 23.7 Å². The van der Waals surface area contributed by atoms with Crippen LogP contribution in [0.3, 0.4) is 0 Å². The Kier molecular flexibility index (Phi) is 7.17. The summed E-state index contributed by atoms with van der Waals surface area (Å²) in [5.41, 5.74) is 7.76. The van der Waals surface area contributed by atoms with E-state index in [0.29, 0.717) is 25.3 Å². The average Bonchev–Trinajstić information content (AvgIpc) is 3.24. The molecule has 1 heterocycles. The highest BCUT2D eigenvalue weighted by Crippen LogP contribution is 2.29. The molecule has 0 bridgehead atoms. The van der Waals surface area contributed by atoms with Crippen LogP contribution in [-0.2, 0) is 17.8 Å². The second-order valence-electron chi connectivity index (χ2n) is 5.78. The van der Waals surface area contributed by atoms with Crippen LogP contribution in [0.2, 0.25) is 0 Å². The van der Waals surface area contributed by atoms with Gasteiger partial charge in [0, 0.05) is 24.1 Å². The maximum Gasteiger partial charge on any atom is 0.275 e. The van der Waals surface area contributed by atoms with Gasteiger partial charge in [0.15, 0.2) is 0 Å². The molecule has 0 unspecified atom stereocenters. The fraction of sp³-hybridized carbons (Fsp3) is 0.412. The van der Waals surface area contributed by atoms with E-state index in [4.69, 9.17) is 10.5 Å². The van der Waals surface area contributed by atoms with Crippen molar-refractivity contribution in [1.82, 2.24) is 4.98 Å². The van der Waals surface area contributed by atoms with Gasteiger partial charge in [-0.1, -0.05) is 12.1 Å². The van der Waals surface area contributed by atoms with Crippen LogP contribution in [-0.4, -0.2) is 24.0 Å². The lowest BCUT2D eigenvalue weighted by molar-refractivity contribution is 0.102. The molecule has 3 N–H and O–H groups in total. The van der Waals surface area contributed by atoms with Crippen molar-refractivity contribution in [3.8, 4) is 0 Å². The van der Waals surface area contributed by atoms with E-state index in [0.717, 1.165) is 28.8 Å². The second kappa shape index (κ2) is 9.13. The number of ether oxygens (including phenoxy) is 1. The maximum atomic E-state index is 12.2. The Labute approximate surface area is 152 Å². The number of nitrogens with one attached hydrogen (secondary N) is 1. The van der Waals surface area contributed by atoms with Crippen molar-refractivity contribution in [3.05, 3.63) is 45.9 Å². The fourth-order valence-electron chi connectivity index (χ4n) is 2.22. The Hall–Kier alpha value is -1.47. The Morgan fingerprint density at radius 3 is 3.00 bits per heavy atom. The largest absolute Gasteiger partial charge is 0.376 e. The van der Waals surface area contributed by atoms with Gasteiger partial charge < -0.3 is 15.8 Å². The third kappa shape index (κ3) is 5.56. The zero-order valence-corrected chi connectivity index (χ0v) is 15.0. The number of amides is 1. The number of thiazole rings is 1. The van der Waals surface area contributed by atoms with E-state index in [1.165, 1.54) is 24.2 Å². The number of nitrogens with zero attached hydrogens (tertiary/aromatic N) is 1. The standard InChI is InChI=1S/C17H21N3O2S.ClH/c18-7-6-16-20-15(11-23-16)17(21)19-14-3-1-2-13(8-14)10-22-9-12-4-5-12;/h1-3,8,11-12H,4-7,9-10,18H2,(H,19,21);1H. The first-order chi connectivity index (χ1) is 11.2. The number of aromatic nitrogens is 1. The first-order valence-electron chi connectivity index (χ1n) is 7.87. The molecule has 0 radical (unpaired) electrons. The Bertz CT molecular complexity index is 673. The molecule has 1 fully saturated rings. The monoisotopic (exact) mass is 367 g/mol. The predicted octanol–water partition coefficient (Wildman–Crippen LogP) is 3.25. The normalized spacial score (nSPS) is 13.4. The topological polar surface area (TPSA) is 77.2 Å². The van der Waals surface area contributed by atoms with E-state index >= 15 is 0 Å². The van der Waals surface area contributed by atoms with Gasteiger partial charge in [-0.15, -0.1) is 23.7 Å². The molecule has 1 aromatic heterocycles. The van der Waals surface area contributed by atoms with Crippen molar-refractivity contribution in [2.75, 3.05) is 18.5 Å². The molecule has 0 saturated heterocycles. The van der Waals surface area contributed by atoms with Crippen molar-refractivity contribution in [2.24, 2.45) is 11.7 Å². The lowest BCUT2D eigenvalue weighted by atomic mass is 10.2. The van der Waals surface area contributed by atoms with Gasteiger partial charge >= 0.3 is 0 Å². The van der Waals surface area contributed by atoms with Crippen LogP contribution < -0.4 is 11.1 Å². The number of carbonyl (C=O) groups is 1. The molecule has 24 heavy (non-hydrogen) atoms. The number of rotatable bonds is 8. The quantitative estimate of drug-likeness (QED) is 0.750. The highest BCUT2D eigenvalue weighted by atomic mass is 35.5. The van der Waals surface area contributed by atoms with Crippen LogP contribution in [0.15, 0.2) is 29.6 Å². The SMILES string of the molecule is Cl.NCCc1nc(C(=O)Nc2cccc(COCC3CC3)c2)cs1. The van der Waals surface area contributed by atoms with Crippen molar-refractivity contribution in [2.45, 2.75) is 25.9 Å². The summed E-state index contributed by atoms with van der Waals surface area (Å²) < 4.78 is 5.68. The van der Waals surface area contributed by atoms with E-state index in [9.17, 15) is 4.79 Å². The molecule has 7 heteroatoms. The molecule has 1 amide bonds. The number of halogens is 1. The van der Waals surface area contributed by atoms with Crippen LogP contribution in [0, 0.1) is 5.92 Å². The van der Waals surface area contributed by atoms with Gasteiger partial charge in [0.05, 0.1) is 11.6 Å². The summed E-state index contributed by atoms with van der Waals surface area (Å²) in [5, 5.41) is 5.54. The van der Waals surface area contributed by atoms with Crippen LogP contribution in [0.25, 0.3) is 0 Å². The van der Waals surface area contributed by atoms with Crippen LogP contribution in [0.1, 0.15) is 33.9 Å². The zero-order chi connectivity index (χ0) is 16.1. The number of anilines is 1. The van der Waals surface area contributed by atoms with E-state index in [2.05, 4.69) is 10.3 Å². The van der Waals surface area contributed by atoms with Gasteiger partial charge in [-0.2, -0.15) is 0 Å². The van der Waals surface area contributed by atoms with E-state index in [1.54, 1.807) is 5.38 Å². The van der Waals surface area contributed by atoms with Gasteiger partial charge in [-0.3, -0.25) is 4.79 Å². The van der Waals surface area contributed by atoms with Crippen molar-refractivity contribution >= 4 is 35.3 Å². The molecule has 1 aliphatic rings. The minimum atomic E-state index is -0.194. The van der Waals surface area contributed by atoms with Crippen molar-refractivity contribution in [3.63, 3.8) is 0 Å². The van der Waals surface area contributed by atoms with Crippen LogP contribution in [0.4, 0.5) is 5.69 Å². The minimum absolute atomic E-state index is 0. The minimum Gasteiger partial charge on any atom is -0.376 e. The smallest absolute Gasteiger partial charge is 0.275 e. The molecule has 0 aliphatic heterocycles. The first kappa shape index (κ1) is 18.9. The summed E-state index contributed by atoms with van der Waals surface area (Å²) in [6.07, 6.45) is 3.28. The second-order valence-corrected chi connectivity index (χ2v) is 6.72. The molecule has 130 valence electrons. The lowest BCUT2D eigenvalue weighted by Crippen LogP contribution is -2.13. The number of carbonyl (C=O) groups excluding carboxylic acids is 1. The van der Waals surface area contributed by atoms with Crippen molar-refractivity contribution in [1.29, 1.82) is 0 Å². The van der Waals surface area contributed by atoms with Gasteiger partial charge in [-0.05, 0) is 43.0 Å². The average molecular weight is 368 g/mol. The maximum absolute atomic E-state index is 12.2. The first-order valence-corrected chi connectivity index (χ1v) is 8.75. The highest BCUT2D eigenvalue weighted by Gasteiger charge is 2.21. The summed E-state index contributed by atoms with van der Waals surface area (Å²) in [6, 6.07) is 7.74. The summed E-state index contributed by atoms with van der Waals surface area (Å²) >= 11 is 1.46. The zero-order valence-electron chi connectivity index (χ0n) is 13.4. The molecule has 5 nitrogen and oxygen atoms in total. The molecular formula is C17H22ClN3O2S. The van der Waals surface area contributed by atoms with Gasteiger partial charge in [0.1, 0.15) is 5.69 Å². The molecule has 0 atom stereocenters. The Morgan fingerprint density at radius 2 is 2.25 bits per heavy atom. The summed E-state index contributed by atoms with van der Waals surface area (Å²) in [5.74, 6) is 0.561. The third-order valence-corrected chi connectivity index (χ3v) is 4.56. The summed E-state index contributed by atoms with van der Waals surface area (Å²) in [6.45, 7) is 1.95. The van der Waals surface area contributed by atoms with E-state index in [-0.39, 0.29) is 18.3 Å². The molecule has 2 aromatic rings.